The first-order chi connectivity index (χ1) is 13.6. The van der Waals surface area contributed by atoms with Gasteiger partial charge < -0.3 is 15.5 Å². The molecule has 0 spiro atoms. The third-order valence-electron chi connectivity index (χ3n) is 4.63. The molecule has 1 heterocycles. The van der Waals surface area contributed by atoms with Crippen LogP contribution in [0.4, 0.5) is 10.1 Å². The maximum absolute atomic E-state index is 14.0. The van der Waals surface area contributed by atoms with E-state index in [1.54, 1.807) is 19.2 Å². The fourth-order valence-electron chi connectivity index (χ4n) is 3.06. The minimum atomic E-state index is -0.422. The Balaban J connectivity index is 0.00000300. The number of halogens is 2. The van der Waals surface area contributed by atoms with Crippen LogP contribution in [0.3, 0.4) is 0 Å². The van der Waals surface area contributed by atoms with Crippen molar-refractivity contribution < 1.29 is 9.18 Å². The van der Waals surface area contributed by atoms with E-state index in [9.17, 15) is 9.18 Å². The van der Waals surface area contributed by atoms with Gasteiger partial charge in [-0.15, -0.1) is 24.0 Å². The quantitative estimate of drug-likeness (QED) is 0.370. The molecule has 8 heteroatoms. The lowest BCUT2D eigenvalue weighted by molar-refractivity contribution is -0.117. The zero-order valence-electron chi connectivity index (χ0n) is 16.1. The number of amides is 1. The molecule has 1 aliphatic rings. The molecule has 0 aliphatic carbocycles. The number of rotatable bonds is 5. The molecule has 0 aromatic heterocycles. The number of anilines is 1. The average molecular weight is 507 g/mol. The maximum atomic E-state index is 14.0. The van der Waals surface area contributed by atoms with E-state index in [-0.39, 0.29) is 36.4 Å². The van der Waals surface area contributed by atoms with E-state index < -0.39 is 5.82 Å². The van der Waals surface area contributed by atoms with Crippen molar-refractivity contribution >= 4 is 41.5 Å². The average Bonchev–Trinajstić information content (AvgIpc) is 3.15. The van der Waals surface area contributed by atoms with Crippen molar-refractivity contribution in [3.8, 4) is 6.07 Å². The lowest BCUT2D eigenvalue weighted by atomic mass is 10.1. The summed E-state index contributed by atoms with van der Waals surface area (Å²) in [6.45, 7) is 1.58. The van der Waals surface area contributed by atoms with Gasteiger partial charge in [0, 0.05) is 44.4 Å². The normalized spacial score (nSPS) is 13.6. The number of carbonyl (C=O) groups excluding carboxylic acids is 1. The van der Waals surface area contributed by atoms with Crippen LogP contribution in [0.1, 0.15) is 29.5 Å². The van der Waals surface area contributed by atoms with Crippen LogP contribution in [0.15, 0.2) is 47.5 Å². The Hall–Kier alpha value is -2.67. The second kappa shape index (κ2) is 10.8. The minimum absolute atomic E-state index is 0. The van der Waals surface area contributed by atoms with E-state index in [4.69, 9.17) is 5.26 Å². The maximum Gasteiger partial charge on any atom is 0.227 e. The van der Waals surface area contributed by atoms with Gasteiger partial charge in [0.25, 0.3) is 0 Å². The Morgan fingerprint density at radius 2 is 1.93 bits per heavy atom. The largest absolute Gasteiger partial charge is 0.352 e. The fraction of sp³-hybridized carbons (Fsp3) is 0.286. The summed E-state index contributed by atoms with van der Waals surface area (Å²) in [5.74, 6) is 0.294. The monoisotopic (exact) mass is 507 g/mol. The zero-order chi connectivity index (χ0) is 19.9. The van der Waals surface area contributed by atoms with Crippen LogP contribution < -0.4 is 15.5 Å². The van der Waals surface area contributed by atoms with Crippen LogP contribution in [0.25, 0.3) is 0 Å². The smallest absolute Gasteiger partial charge is 0.227 e. The molecule has 29 heavy (non-hydrogen) atoms. The lowest BCUT2D eigenvalue weighted by Gasteiger charge is -2.16. The third kappa shape index (κ3) is 5.90. The molecule has 152 valence electrons. The number of aliphatic imine (C=N–C) groups is 1. The van der Waals surface area contributed by atoms with Crippen molar-refractivity contribution in [1.82, 2.24) is 10.6 Å². The van der Waals surface area contributed by atoms with Crippen LogP contribution in [-0.4, -0.2) is 25.5 Å². The van der Waals surface area contributed by atoms with Gasteiger partial charge in [0.15, 0.2) is 5.96 Å². The highest BCUT2D eigenvalue weighted by atomic mass is 127. The van der Waals surface area contributed by atoms with Gasteiger partial charge in [-0.05, 0) is 36.2 Å². The number of nitriles is 1. The molecule has 1 fully saturated rings. The Kier molecular flexibility index (Phi) is 8.39. The molecular weight excluding hydrogens is 484 g/mol. The Bertz CT molecular complexity index is 924. The summed E-state index contributed by atoms with van der Waals surface area (Å²) >= 11 is 0. The van der Waals surface area contributed by atoms with Crippen molar-refractivity contribution in [1.29, 1.82) is 5.26 Å². The van der Waals surface area contributed by atoms with Gasteiger partial charge in [-0.2, -0.15) is 5.26 Å². The molecular formula is C21H23FIN5O. The summed E-state index contributed by atoms with van der Waals surface area (Å²) in [6.07, 6.45) is 1.52. The van der Waals surface area contributed by atoms with E-state index in [1.807, 2.05) is 35.2 Å². The highest BCUT2D eigenvalue weighted by Gasteiger charge is 2.21. The Morgan fingerprint density at radius 1 is 1.21 bits per heavy atom. The highest BCUT2D eigenvalue weighted by molar-refractivity contribution is 14.0. The summed E-state index contributed by atoms with van der Waals surface area (Å²) in [4.78, 5) is 17.8. The van der Waals surface area contributed by atoms with Crippen LogP contribution in [0.2, 0.25) is 0 Å². The molecule has 3 rings (SSSR count). The van der Waals surface area contributed by atoms with Crippen molar-refractivity contribution in [2.24, 2.45) is 4.99 Å². The zero-order valence-corrected chi connectivity index (χ0v) is 18.4. The van der Waals surface area contributed by atoms with Crippen LogP contribution in [-0.2, 0) is 17.9 Å². The van der Waals surface area contributed by atoms with Crippen molar-refractivity contribution in [3.05, 3.63) is 65.0 Å². The number of guanidine groups is 1. The molecule has 1 amide bonds. The number of carbonyl (C=O) groups is 1. The minimum Gasteiger partial charge on any atom is -0.352 e. The van der Waals surface area contributed by atoms with E-state index in [0.717, 1.165) is 24.2 Å². The first-order valence-corrected chi connectivity index (χ1v) is 9.13. The lowest BCUT2D eigenvalue weighted by Crippen LogP contribution is -2.36. The number of hydrogen-bond donors (Lipinski definition) is 2. The Labute approximate surface area is 186 Å². The standard InChI is InChI=1S/C21H22FN5O.HI/c1-24-21(26-14-17-7-4-16(12-23)11-19(17)22)25-13-15-5-8-18(9-6-15)27-10-2-3-20(27)28;/h4-9,11H,2-3,10,13-14H2,1H3,(H2,24,25,26);1H. The van der Waals surface area contributed by atoms with E-state index >= 15 is 0 Å². The van der Waals surface area contributed by atoms with Crippen LogP contribution in [0.5, 0.6) is 0 Å². The molecule has 2 N–H and O–H groups in total. The predicted octanol–water partition coefficient (Wildman–Crippen LogP) is 3.31. The number of hydrogen-bond acceptors (Lipinski definition) is 3. The van der Waals surface area contributed by atoms with E-state index in [0.29, 0.717) is 30.1 Å². The first-order valence-electron chi connectivity index (χ1n) is 9.13. The van der Waals surface area contributed by atoms with Crippen molar-refractivity contribution in [2.75, 3.05) is 18.5 Å². The van der Waals surface area contributed by atoms with Crippen LogP contribution in [0, 0.1) is 17.1 Å². The molecule has 1 aliphatic heterocycles. The summed E-state index contributed by atoms with van der Waals surface area (Å²) in [5.41, 5.74) is 2.72. The first kappa shape index (κ1) is 22.6. The predicted molar refractivity (Wildman–Crippen MR) is 122 cm³/mol. The third-order valence-corrected chi connectivity index (χ3v) is 4.63. The molecule has 0 radical (unpaired) electrons. The molecule has 6 nitrogen and oxygen atoms in total. The number of nitrogens with one attached hydrogen (secondary N) is 2. The molecule has 0 atom stereocenters. The molecule has 2 aromatic carbocycles. The van der Waals surface area contributed by atoms with Gasteiger partial charge in [-0.1, -0.05) is 18.2 Å². The van der Waals surface area contributed by atoms with Gasteiger partial charge in [-0.3, -0.25) is 9.79 Å². The van der Waals surface area contributed by atoms with Gasteiger partial charge in [0.2, 0.25) is 5.91 Å². The van der Waals surface area contributed by atoms with Gasteiger partial charge in [0.05, 0.1) is 11.6 Å². The molecule has 0 unspecified atom stereocenters. The molecule has 2 aromatic rings. The summed E-state index contributed by atoms with van der Waals surface area (Å²) in [7, 11) is 1.65. The molecule has 1 saturated heterocycles. The highest BCUT2D eigenvalue weighted by Crippen LogP contribution is 2.21. The summed E-state index contributed by atoms with van der Waals surface area (Å²) in [6, 6.07) is 14.2. The topological polar surface area (TPSA) is 80.5 Å². The van der Waals surface area contributed by atoms with E-state index in [1.165, 1.54) is 6.07 Å². The van der Waals surface area contributed by atoms with Gasteiger partial charge in [0.1, 0.15) is 5.82 Å². The van der Waals surface area contributed by atoms with Gasteiger partial charge in [-0.25, -0.2) is 4.39 Å². The van der Waals surface area contributed by atoms with Crippen molar-refractivity contribution in [2.45, 2.75) is 25.9 Å². The van der Waals surface area contributed by atoms with E-state index in [2.05, 4.69) is 15.6 Å². The fourth-order valence-corrected chi connectivity index (χ4v) is 3.06. The SMILES string of the molecule is CN=C(NCc1ccc(N2CCCC2=O)cc1)NCc1ccc(C#N)cc1F.I. The molecule has 0 saturated carbocycles. The van der Waals surface area contributed by atoms with Crippen LogP contribution >= 0.6 is 24.0 Å². The second-order valence-corrected chi connectivity index (χ2v) is 6.51. The number of benzene rings is 2. The second-order valence-electron chi connectivity index (χ2n) is 6.51. The molecule has 0 bridgehead atoms. The van der Waals surface area contributed by atoms with Gasteiger partial charge >= 0.3 is 0 Å². The summed E-state index contributed by atoms with van der Waals surface area (Å²) < 4.78 is 14.0. The van der Waals surface area contributed by atoms with Crippen molar-refractivity contribution in [3.63, 3.8) is 0 Å². The Morgan fingerprint density at radius 3 is 2.52 bits per heavy atom. The number of nitrogens with zero attached hydrogens (tertiary/aromatic N) is 3. The summed E-state index contributed by atoms with van der Waals surface area (Å²) in [5, 5.41) is 15.0.